The van der Waals surface area contributed by atoms with E-state index in [0.717, 1.165) is 25.8 Å². The molecule has 16 heavy (non-hydrogen) atoms. The lowest BCUT2D eigenvalue weighted by atomic mass is 9.96. The van der Waals surface area contributed by atoms with Gasteiger partial charge in [-0.05, 0) is 26.8 Å². The summed E-state index contributed by atoms with van der Waals surface area (Å²) in [5.41, 5.74) is 5.96. The molecule has 0 radical (unpaired) electrons. The second kappa shape index (κ2) is 5.02. The molecule has 0 aliphatic carbocycles. The van der Waals surface area contributed by atoms with Crippen LogP contribution in [0.2, 0.25) is 0 Å². The van der Waals surface area contributed by atoms with Crippen LogP contribution in [-0.4, -0.2) is 50.0 Å². The lowest BCUT2D eigenvalue weighted by Gasteiger charge is -2.33. The Bertz CT molecular complexity index is 325. The Kier molecular flexibility index (Phi) is 4.37. The average Bonchev–Trinajstić information content (AvgIpc) is 2.45. The fourth-order valence-electron chi connectivity index (χ4n) is 2.47. The predicted molar refractivity (Wildman–Crippen MR) is 67.2 cm³/mol. The third-order valence-electron chi connectivity index (χ3n) is 3.26. The minimum absolute atomic E-state index is 0.157. The van der Waals surface area contributed by atoms with Crippen LogP contribution in [0.4, 0.5) is 0 Å². The first-order valence-corrected chi connectivity index (χ1v) is 7.77. The Morgan fingerprint density at radius 2 is 2.12 bits per heavy atom. The number of sulfone groups is 1. The Morgan fingerprint density at radius 1 is 1.50 bits per heavy atom. The van der Waals surface area contributed by atoms with Crippen molar-refractivity contribution in [2.75, 3.05) is 25.1 Å². The summed E-state index contributed by atoms with van der Waals surface area (Å²) in [6.07, 6.45) is 2.78. The van der Waals surface area contributed by atoms with E-state index in [1.165, 1.54) is 0 Å². The number of hydrogen-bond donors (Lipinski definition) is 1. The summed E-state index contributed by atoms with van der Waals surface area (Å²) < 4.78 is 22.8. The first kappa shape index (κ1) is 13.9. The zero-order chi connectivity index (χ0) is 12.4. The maximum Gasteiger partial charge on any atom is 0.151 e. The Balaban J connectivity index is 2.50. The molecule has 0 aromatic carbocycles. The molecule has 0 saturated carbocycles. The van der Waals surface area contributed by atoms with Crippen LogP contribution in [0.15, 0.2) is 0 Å². The first-order chi connectivity index (χ1) is 7.26. The van der Waals surface area contributed by atoms with E-state index in [0.29, 0.717) is 11.5 Å². The minimum Gasteiger partial charge on any atom is -0.324 e. The Labute approximate surface area is 99.1 Å². The molecule has 0 aromatic heterocycles. The zero-order valence-electron chi connectivity index (χ0n) is 10.6. The molecule has 5 heteroatoms. The van der Waals surface area contributed by atoms with Gasteiger partial charge in [-0.3, -0.25) is 0 Å². The highest BCUT2D eigenvalue weighted by Gasteiger charge is 2.32. The summed E-state index contributed by atoms with van der Waals surface area (Å²) in [7, 11) is -0.812. The van der Waals surface area contributed by atoms with Crippen molar-refractivity contribution in [3.63, 3.8) is 0 Å². The van der Waals surface area contributed by atoms with E-state index in [-0.39, 0.29) is 11.6 Å². The Morgan fingerprint density at radius 3 is 2.56 bits per heavy atom. The van der Waals surface area contributed by atoms with Gasteiger partial charge < -0.3 is 10.6 Å². The molecule has 0 aromatic rings. The van der Waals surface area contributed by atoms with Crippen molar-refractivity contribution < 1.29 is 8.42 Å². The van der Waals surface area contributed by atoms with Crippen molar-refractivity contribution in [2.24, 2.45) is 5.73 Å². The van der Waals surface area contributed by atoms with Crippen LogP contribution in [0, 0.1) is 0 Å². The summed E-state index contributed by atoms with van der Waals surface area (Å²) in [4.78, 5) is 2.11. The van der Waals surface area contributed by atoms with Gasteiger partial charge in [-0.2, -0.15) is 0 Å². The average molecular weight is 248 g/mol. The second-order valence-electron chi connectivity index (χ2n) is 5.38. The summed E-state index contributed by atoms with van der Waals surface area (Å²) in [6, 6.07) is 0.157. The van der Waals surface area contributed by atoms with E-state index in [2.05, 4.69) is 11.8 Å². The van der Waals surface area contributed by atoms with E-state index in [9.17, 15) is 8.42 Å². The van der Waals surface area contributed by atoms with Crippen molar-refractivity contribution in [1.82, 2.24) is 4.90 Å². The minimum atomic E-state index is -2.79. The summed E-state index contributed by atoms with van der Waals surface area (Å²) >= 11 is 0. The highest BCUT2D eigenvalue weighted by molar-refractivity contribution is 7.91. The van der Waals surface area contributed by atoms with Gasteiger partial charge in [0.05, 0.1) is 11.5 Å². The van der Waals surface area contributed by atoms with E-state index in [1.54, 1.807) is 0 Å². The fourth-order valence-corrected chi connectivity index (χ4v) is 4.28. The van der Waals surface area contributed by atoms with Gasteiger partial charge in [-0.15, -0.1) is 0 Å². The number of hydrogen-bond acceptors (Lipinski definition) is 4. The molecule has 2 atom stereocenters. The summed E-state index contributed by atoms with van der Waals surface area (Å²) in [5.74, 6) is 0.628. The molecule has 1 aliphatic heterocycles. The van der Waals surface area contributed by atoms with Crippen molar-refractivity contribution in [3.05, 3.63) is 0 Å². The number of nitrogens with two attached hydrogens (primary N) is 1. The van der Waals surface area contributed by atoms with Crippen LogP contribution in [0.5, 0.6) is 0 Å². The number of nitrogens with zero attached hydrogens (tertiary/aromatic N) is 1. The van der Waals surface area contributed by atoms with E-state index < -0.39 is 9.84 Å². The quantitative estimate of drug-likeness (QED) is 0.775. The maximum absolute atomic E-state index is 11.4. The smallest absolute Gasteiger partial charge is 0.151 e. The lowest BCUT2D eigenvalue weighted by molar-refractivity contribution is 0.201. The van der Waals surface area contributed by atoms with E-state index in [4.69, 9.17) is 5.73 Å². The number of likely N-dealkylation sites (N-methyl/N-ethyl adjacent to an activating group) is 1. The van der Waals surface area contributed by atoms with Gasteiger partial charge in [0.2, 0.25) is 0 Å². The standard InChI is InChI=1S/C11H24N2O2S/c1-4-6-11(2,12)9-13(3)10-5-7-16(14,15)8-10/h10H,4-9,12H2,1-3H3. The van der Waals surface area contributed by atoms with Crippen LogP contribution in [-0.2, 0) is 9.84 Å². The molecule has 1 rings (SSSR count). The summed E-state index contributed by atoms with van der Waals surface area (Å²) in [6.45, 7) is 4.92. The topological polar surface area (TPSA) is 63.4 Å². The second-order valence-corrected chi connectivity index (χ2v) is 7.60. The maximum atomic E-state index is 11.4. The normalized spacial score (nSPS) is 28.2. The van der Waals surface area contributed by atoms with Crippen LogP contribution in [0.1, 0.15) is 33.1 Å². The van der Waals surface area contributed by atoms with Gasteiger partial charge in [0.1, 0.15) is 0 Å². The van der Waals surface area contributed by atoms with Gasteiger partial charge in [-0.1, -0.05) is 13.3 Å². The molecule has 1 heterocycles. The molecular formula is C11H24N2O2S. The third kappa shape index (κ3) is 4.03. The molecular weight excluding hydrogens is 224 g/mol. The molecule has 2 unspecified atom stereocenters. The van der Waals surface area contributed by atoms with E-state index in [1.807, 2.05) is 14.0 Å². The van der Waals surface area contributed by atoms with Gasteiger partial charge in [-0.25, -0.2) is 8.42 Å². The van der Waals surface area contributed by atoms with Crippen LogP contribution in [0.25, 0.3) is 0 Å². The lowest BCUT2D eigenvalue weighted by Crippen LogP contribution is -2.49. The monoisotopic (exact) mass is 248 g/mol. The van der Waals surface area contributed by atoms with Gasteiger partial charge in [0, 0.05) is 18.1 Å². The van der Waals surface area contributed by atoms with Gasteiger partial charge in [0.15, 0.2) is 9.84 Å². The fraction of sp³-hybridized carbons (Fsp3) is 1.00. The summed E-state index contributed by atoms with van der Waals surface area (Å²) in [5, 5.41) is 0. The zero-order valence-corrected chi connectivity index (χ0v) is 11.4. The molecule has 96 valence electrons. The van der Waals surface area contributed by atoms with Gasteiger partial charge >= 0.3 is 0 Å². The highest BCUT2D eigenvalue weighted by Crippen LogP contribution is 2.19. The molecule has 1 aliphatic rings. The molecule has 1 fully saturated rings. The molecule has 1 saturated heterocycles. The largest absolute Gasteiger partial charge is 0.324 e. The molecule has 0 spiro atoms. The Hall–Kier alpha value is -0.130. The van der Waals surface area contributed by atoms with Gasteiger partial charge in [0.25, 0.3) is 0 Å². The molecule has 2 N–H and O–H groups in total. The van der Waals surface area contributed by atoms with Crippen molar-refractivity contribution in [3.8, 4) is 0 Å². The number of rotatable bonds is 5. The third-order valence-corrected chi connectivity index (χ3v) is 5.01. The SMILES string of the molecule is CCCC(C)(N)CN(C)C1CCS(=O)(=O)C1. The molecule has 0 amide bonds. The molecule has 0 bridgehead atoms. The van der Waals surface area contributed by atoms with E-state index >= 15 is 0 Å². The van der Waals surface area contributed by atoms with Crippen LogP contribution < -0.4 is 5.73 Å². The van der Waals surface area contributed by atoms with Crippen LogP contribution >= 0.6 is 0 Å². The molecule has 4 nitrogen and oxygen atoms in total. The highest BCUT2D eigenvalue weighted by atomic mass is 32.2. The first-order valence-electron chi connectivity index (χ1n) is 5.95. The van der Waals surface area contributed by atoms with Crippen molar-refractivity contribution in [2.45, 2.75) is 44.7 Å². The predicted octanol–water partition coefficient (Wildman–Crippen LogP) is 0.623. The van der Waals surface area contributed by atoms with Crippen LogP contribution in [0.3, 0.4) is 0 Å². The van der Waals surface area contributed by atoms with Crippen molar-refractivity contribution >= 4 is 9.84 Å². The van der Waals surface area contributed by atoms with Crippen molar-refractivity contribution in [1.29, 1.82) is 0 Å².